The van der Waals surface area contributed by atoms with Crippen LogP contribution in [0.3, 0.4) is 0 Å². The molecule has 0 aliphatic heterocycles. The number of benzene rings is 1. The van der Waals surface area contributed by atoms with Gasteiger partial charge in [0, 0.05) is 17.1 Å². The minimum atomic E-state index is -5.08. The molecule has 0 aliphatic carbocycles. The van der Waals surface area contributed by atoms with Gasteiger partial charge in [-0.1, -0.05) is 32.0 Å². The number of nitrogens with two attached hydrogens (primary N) is 2. The Morgan fingerprint density at radius 2 is 1.66 bits per heavy atom. The number of alkyl halides is 3. The molecule has 0 unspecified atom stereocenters. The molecule has 0 bridgehead atoms. The second kappa shape index (κ2) is 15.2. The molecule has 2 rings (SSSR count). The number of carbonyl (C=O) groups is 4. The van der Waals surface area contributed by atoms with E-state index < -0.39 is 48.0 Å². The van der Waals surface area contributed by atoms with Crippen molar-refractivity contribution >= 4 is 46.4 Å². The number of carboxylic acids is 1. The molecule has 3 amide bonds. The van der Waals surface area contributed by atoms with Gasteiger partial charge in [0.1, 0.15) is 12.1 Å². The maximum Gasteiger partial charge on any atom is 0.490 e. The number of thioether (sulfide) groups is 1. The molecular formula is C24H34F3N5O5S. The van der Waals surface area contributed by atoms with Gasteiger partial charge >= 0.3 is 12.1 Å². The van der Waals surface area contributed by atoms with E-state index >= 15 is 0 Å². The fourth-order valence-electron chi connectivity index (χ4n) is 3.41. The minimum Gasteiger partial charge on any atom is -0.475 e. The van der Waals surface area contributed by atoms with Crippen LogP contribution in [-0.4, -0.2) is 70.1 Å². The first-order valence-electron chi connectivity index (χ1n) is 11.7. The molecule has 14 heteroatoms. The molecule has 2 aromatic rings. The Bertz CT molecular complexity index is 1090. The van der Waals surface area contributed by atoms with Crippen molar-refractivity contribution in [3.05, 3.63) is 36.0 Å². The Hall–Kier alpha value is -3.26. The van der Waals surface area contributed by atoms with Gasteiger partial charge in [-0.3, -0.25) is 14.4 Å². The fraction of sp³-hybridized carbons (Fsp3) is 0.500. The lowest BCUT2D eigenvalue weighted by molar-refractivity contribution is -0.192. The first-order chi connectivity index (χ1) is 17.7. The summed E-state index contributed by atoms with van der Waals surface area (Å²) in [6.07, 6.45) is -0.129. The van der Waals surface area contributed by atoms with Crippen LogP contribution in [0.15, 0.2) is 30.5 Å². The van der Waals surface area contributed by atoms with Gasteiger partial charge in [-0.2, -0.15) is 24.9 Å². The Labute approximate surface area is 222 Å². The topological polar surface area (TPSA) is 180 Å². The van der Waals surface area contributed by atoms with Gasteiger partial charge in [-0.25, -0.2) is 4.79 Å². The van der Waals surface area contributed by atoms with Gasteiger partial charge in [-0.15, -0.1) is 0 Å². The van der Waals surface area contributed by atoms with Gasteiger partial charge in [0.15, 0.2) is 0 Å². The van der Waals surface area contributed by atoms with E-state index in [-0.39, 0.29) is 5.92 Å². The number of nitrogens with one attached hydrogen (secondary N) is 3. The molecule has 0 saturated carbocycles. The fourth-order valence-corrected chi connectivity index (χ4v) is 3.88. The lowest BCUT2D eigenvalue weighted by Gasteiger charge is -2.24. The van der Waals surface area contributed by atoms with E-state index in [4.69, 9.17) is 21.4 Å². The van der Waals surface area contributed by atoms with Crippen LogP contribution >= 0.6 is 11.8 Å². The third kappa shape index (κ3) is 11.0. The van der Waals surface area contributed by atoms with Gasteiger partial charge in [0.25, 0.3) is 0 Å². The summed E-state index contributed by atoms with van der Waals surface area (Å²) in [4.78, 5) is 49.3. The summed E-state index contributed by atoms with van der Waals surface area (Å²) in [5.74, 6) is -3.35. The molecule has 38 heavy (non-hydrogen) atoms. The van der Waals surface area contributed by atoms with Crippen LogP contribution in [0, 0.1) is 5.92 Å². The summed E-state index contributed by atoms with van der Waals surface area (Å²) >= 11 is 1.56. The van der Waals surface area contributed by atoms with Crippen molar-refractivity contribution in [3.8, 4) is 0 Å². The summed E-state index contributed by atoms with van der Waals surface area (Å²) in [5, 5.41) is 13.6. The quantitative estimate of drug-likeness (QED) is 0.229. The van der Waals surface area contributed by atoms with E-state index in [0.717, 1.165) is 16.5 Å². The number of rotatable bonds is 12. The predicted octanol–water partition coefficient (Wildman–Crippen LogP) is 1.93. The lowest BCUT2D eigenvalue weighted by atomic mass is 10.0. The number of aliphatic carboxylic acids is 1. The normalized spacial score (nSPS) is 13.7. The Kier molecular flexibility index (Phi) is 13.1. The van der Waals surface area contributed by atoms with Gasteiger partial charge in [-0.05, 0) is 48.8 Å². The number of carbonyl (C=O) groups excluding carboxylic acids is 3. The summed E-state index contributed by atoms with van der Waals surface area (Å²) in [7, 11) is 0. The van der Waals surface area contributed by atoms with E-state index in [9.17, 15) is 27.6 Å². The Morgan fingerprint density at radius 3 is 2.18 bits per heavy atom. The maximum absolute atomic E-state index is 12.8. The highest BCUT2D eigenvalue weighted by molar-refractivity contribution is 7.98. The van der Waals surface area contributed by atoms with Crippen molar-refractivity contribution in [2.75, 3.05) is 12.0 Å². The van der Waals surface area contributed by atoms with E-state index in [2.05, 4.69) is 15.6 Å². The van der Waals surface area contributed by atoms with Crippen LogP contribution < -0.4 is 22.1 Å². The molecule has 0 aliphatic rings. The first-order valence-corrected chi connectivity index (χ1v) is 13.1. The average Bonchev–Trinajstić information content (AvgIpc) is 3.23. The molecule has 1 aromatic carbocycles. The molecule has 3 atom stereocenters. The van der Waals surface area contributed by atoms with E-state index in [0.29, 0.717) is 25.0 Å². The van der Waals surface area contributed by atoms with Crippen molar-refractivity contribution in [1.29, 1.82) is 0 Å². The SMILES string of the molecule is CSCC[C@H](NC(=O)[C@H](CC(C)C)NC(=O)[C@H](N)Cc1c[nH]c2ccccc12)C(N)=O.O=C(O)C(F)(F)F. The number of carboxylic acid groups (broad SMARTS) is 1. The summed E-state index contributed by atoms with van der Waals surface area (Å²) < 4.78 is 31.7. The molecule has 0 radical (unpaired) electrons. The molecule has 10 nitrogen and oxygen atoms in total. The standard InChI is InChI=1S/C22H33N5O3S.C2HF3O2/c1-13(2)10-19(22(30)26-18(20(24)28)8-9-31-3)27-21(29)16(23)11-14-12-25-17-7-5-4-6-15(14)17;3-2(4,5)1(6)7/h4-7,12-13,16,18-19,25H,8-11,23H2,1-3H3,(H2,24,28)(H,26,30)(H,27,29);(H,6,7)/t16-,18+,19+;/m1./s1. The zero-order valence-electron chi connectivity index (χ0n) is 21.3. The molecule has 0 fully saturated rings. The molecule has 8 N–H and O–H groups in total. The van der Waals surface area contributed by atoms with Crippen LogP contribution in [0.2, 0.25) is 0 Å². The largest absolute Gasteiger partial charge is 0.490 e. The third-order valence-electron chi connectivity index (χ3n) is 5.30. The van der Waals surface area contributed by atoms with Gasteiger partial charge in [0.2, 0.25) is 17.7 Å². The van der Waals surface area contributed by atoms with Crippen LogP contribution in [0.1, 0.15) is 32.3 Å². The van der Waals surface area contributed by atoms with Crippen molar-refractivity contribution in [2.45, 2.75) is 57.4 Å². The summed E-state index contributed by atoms with van der Waals surface area (Å²) in [6, 6.07) is 5.41. The number of fused-ring (bicyclic) bond motifs is 1. The molecule has 1 heterocycles. The number of aromatic amines is 1. The monoisotopic (exact) mass is 561 g/mol. The Morgan fingerprint density at radius 1 is 1.08 bits per heavy atom. The number of hydrogen-bond acceptors (Lipinski definition) is 6. The van der Waals surface area contributed by atoms with Crippen molar-refractivity contribution in [3.63, 3.8) is 0 Å². The first kappa shape index (κ1) is 32.8. The zero-order chi connectivity index (χ0) is 29.0. The van der Waals surface area contributed by atoms with Crippen molar-refractivity contribution < 1.29 is 37.5 Å². The second-order valence-corrected chi connectivity index (χ2v) is 9.89. The lowest BCUT2D eigenvalue weighted by Crippen LogP contribution is -2.56. The summed E-state index contributed by atoms with van der Waals surface area (Å²) in [5.41, 5.74) is 13.5. The maximum atomic E-state index is 12.8. The smallest absolute Gasteiger partial charge is 0.475 e. The van der Waals surface area contributed by atoms with Gasteiger partial charge < -0.3 is 32.2 Å². The predicted molar refractivity (Wildman–Crippen MR) is 139 cm³/mol. The van der Waals surface area contributed by atoms with Crippen LogP contribution in [0.4, 0.5) is 13.2 Å². The number of halogens is 3. The molecule has 0 spiro atoms. The van der Waals surface area contributed by atoms with E-state index in [1.807, 2.05) is 50.6 Å². The number of hydrogen-bond donors (Lipinski definition) is 6. The van der Waals surface area contributed by atoms with Crippen LogP contribution in [0.5, 0.6) is 0 Å². The number of primary amides is 1. The Balaban J connectivity index is 0.000000905. The third-order valence-corrected chi connectivity index (χ3v) is 5.95. The molecule has 212 valence electrons. The van der Waals surface area contributed by atoms with Gasteiger partial charge in [0.05, 0.1) is 6.04 Å². The molecular weight excluding hydrogens is 527 g/mol. The number of aromatic nitrogens is 1. The van der Waals surface area contributed by atoms with E-state index in [1.165, 1.54) is 0 Å². The zero-order valence-corrected chi connectivity index (χ0v) is 22.1. The van der Waals surface area contributed by atoms with Crippen molar-refractivity contribution in [2.24, 2.45) is 17.4 Å². The highest BCUT2D eigenvalue weighted by Crippen LogP contribution is 2.19. The van der Waals surface area contributed by atoms with Crippen LogP contribution in [0.25, 0.3) is 10.9 Å². The van der Waals surface area contributed by atoms with Crippen LogP contribution in [-0.2, 0) is 25.6 Å². The molecule has 0 saturated heterocycles. The number of H-pyrrole nitrogens is 1. The van der Waals surface area contributed by atoms with E-state index in [1.54, 1.807) is 11.8 Å². The number of amides is 3. The number of para-hydroxylation sites is 1. The minimum absolute atomic E-state index is 0.152. The molecule has 1 aromatic heterocycles. The highest BCUT2D eigenvalue weighted by atomic mass is 32.2. The average molecular weight is 562 g/mol. The highest BCUT2D eigenvalue weighted by Gasteiger charge is 2.38. The summed E-state index contributed by atoms with van der Waals surface area (Å²) in [6.45, 7) is 3.91. The second-order valence-electron chi connectivity index (χ2n) is 8.91. The van der Waals surface area contributed by atoms with Crippen molar-refractivity contribution in [1.82, 2.24) is 15.6 Å².